The largest absolute Gasteiger partial charge is 0.493 e. The standard InChI is InChI=1S/C19H24ClNO/c1-3-10-22-19-9-8-15(11-14(19)2)17(13-21)12-16-6-4-5-7-18(16)20/h4-9,11,17H,3,10,12-13,21H2,1-2H3. The van der Waals surface area contributed by atoms with E-state index < -0.39 is 0 Å². The summed E-state index contributed by atoms with van der Waals surface area (Å²) < 4.78 is 5.74. The van der Waals surface area contributed by atoms with Gasteiger partial charge in [0.25, 0.3) is 0 Å². The van der Waals surface area contributed by atoms with Gasteiger partial charge in [0, 0.05) is 10.9 Å². The molecule has 0 heterocycles. The van der Waals surface area contributed by atoms with Crippen LogP contribution in [-0.2, 0) is 6.42 Å². The van der Waals surface area contributed by atoms with Crippen LogP contribution in [0.1, 0.15) is 36.0 Å². The zero-order chi connectivity index (χ0) is 15.9. The molecule has 0 aromatic heterocycles. The molecule has 2 aromatic carbocycles. The van der Waals surface area contributed by atoms with E-state index in [1.54, 1.807) is 0 Å². The lowest BCUT2D eigenvalue weighted by Gasteiger charge is -2.18. The molecular weight excluding hydrogens is 294 g/mol. The van der Waals surface area contributed by atoms with Crippen molar-refractivity contribution in [2.75, 3.05) is 13.2 Å². The highest BCUT2D eigenvalue weighted by molar-refractivity contribution is 6.31. The molecule has 0 fully saturated rings. The molecule has 1 unspecified atom stereocenters. The molecule has 0 saturated carbocycles. The van der Waals surface area contributed by atoms with Gasteiger partial charge in [0.1, 0.15) is 5.75 Å². The minimum absolute atomic E-state index is 0.263. The SMILES string of the molecule is CCCOc1ccc(C(CN)Cc2ccccc2Cl)cc1C. The Kier molecular flexibility index (Phi) is 6.29. The molecule has 2 aromatic rings. The lowest BCUT2D eigenvalue weighted by atomic mass is 9.91. The van der Waals surface area contributed by atoms with Crippen molar-refractivity contribution in [2.24, 2.45) is 5.73 Å². The van der Waals surface area contributed by atoms with Crippen molar-refractivity contribution in [1.29, 1.82) is 0 Å². The molecule has 0 spiro atoms. The van der Waals surface area contributed by atoms with Crippen LogP contribution in [0.5, 0.6) is 5.75 Å². The molecule has 0 aliphatic carbocycles. The average molecular weight is 318 g/mol. The van der Waals surface area contributed by atoms with Crippen LogP contribution in [0.15, 0.2) is 42.5 Å². The van der Waals surface area contributed by atoms with Gasteiger partial charge in [0.2, 0.25) is 0 Å². The number of hydrogen-bond acceptors (Lipinski definition) is 2. The first-order valence-corrected chi connectivity index (χ1v) is 8.20. The summed E-state index contributed by atoms with van der Waals surface area (Å²) in [4.78, 5) is 0. The summed E-state index contributed by atoms with van der Waals surface area (Å²) in [7, 11) is 0. The minimum Gasteiger partial charge on any atom is -0.493 e. The number of benzene rings is 2. The monoisotopic (exact) mass is 317 g/mol. The molecule has 118 valence electrons. The molecule has 0 aliphatic heterocycles. The van der Waals surface area contributed by atoms with Crippen molar-refractivity contribution >= 4 is 11.6 Å². The van der Waals surface area contributed by atoms with Crippen LogP contribution < -0.4 is 10.5 Å². The second-order valence-corrected chi connectivity index (χ2v) is 6.01. The van der Waals surface area contributed by atoms with Crippen molar-refractivity contribution < 1.29 is 4.74 Å². The predicted molar refractivity (Wildman–Crippen MR) is 93.9 cm³/mol. The first-order valence-electron chi connectivity index (χ1n) is 7.82. The minimum atomic E-state index is 0.263. The predicted octanol–water partition coefficient (Wildman–Crippen LogP) is 4.72. The van der Waals surface area contributed by atoms with Gasteiger partial charge >= 0.3 is 0 Å². The Morgan fingerprint density at radius 1 is 1.18 bits per heavy atom. The van der Waals surface area contributed by atoms with Crippen LogP contribution in [0.25, 0.3) is 0 Å². The van der Waals surface area contributed by atoms with E-state index in [1.807, 2.05) is 18.2 Å². The highest BCUT2D eigenvalue weighted by atomic mass is 35.5. The molecule has 2 nitrogen and oxygen atoms in total. The second-order valence-electron chi connectivity index (χ2n) is 5.60. The summed E-state index contributed by atoms with van der Waals surface area (Å²) in [5, 5.41) is 0.806. The van der Waals surface area contributed by atoms with Gasteiger partial charge in [0.05, 0.1) is 6.61 Å². The number of nitrogens with two attached hydrogens (primary N) is 1. The van der Waals surface area contributed by atoms with Crippen LogP contribution >= 0.6 is 11.6 Å². The highest BCUT2D eigenvalue weighted by Gasteiger charge is 2.14. The summed E-state index contributed by atoms with van der Waals surface area (Å²) in [6.45, 7) is 5.54. The van der Waals surface area contributed by atoms with Crippen molar-refractivity contribution in [3.63, 3.8) is 0 Å². The number of hydrogen-bond donors (Lipinski definition) is 1. The fraction of sp³-hybridized carbons (Fsp3) is 0.368. The summed E-state index contributed by atoms with van der Waals surface area (Å²) >= 11 is 6.27. The van der Waals surface area contributed by atoms with E-state index in [9.17, 15) is 0 Å². The van der Waals surface area contributed by atoms with Gasteiger partial charge in [-0.3, -0.25) is 0 Å². The Morgan fingerprint density at radius 3 is 2.59 bits per heavy atom. The fourth-order valence-corrected chi connectivity index (χ4v) is 2.78. The molecule has 0 bridgehead atoms. The molecule has 1 atom stereocenters. The van der Waals surface area contributed by atoms with Gasteiger partial charge in [-0.05, 0) is 55.1 Å². The second kappa shape index (κ2) is 8.21. The first-order chi connectivity index (χ1) is 10.7. The lowest BCUT2D eigenvalue weighted by Crippen LogP contribution is -2.15. The van der Waals surface area contributed by atoms with E-state index in [0.29, 0.717) is 6.54 Å². The Balaban J connectivity index is 2.17. The zero-order valence-electron chi connectivity index (χ0n) is 13.3. The molecular formula is C19H24ClNO. The fourth-order valence-electron chi connectivity index (χ4n) is 2.57. The van der Waals surface area contributed by atoms with Crippen LogP contribution in [0.4, 0.5) is 0 Å². The smallest absolute Gasteiger partial charge is 0.122 e. The van der Waals surface area contributed by atoms with Crippen molar-refractivity contribution in [1.82, 2.24) is 0 Å². The maximum Gasteiger partial charge on any atom is 0.122 e. The first kappa shape index (κ1) is 16.9. The Morgan fingerprint density at radius 2 is 1.95 bits per heavy atom. The number of aryl methyl sites for hydroxylation is 1. The number of rotatable bonds is 7. The van der Waals surface area contributed by atoms with E-state index in [-0.39, 0.29) is 5.92 Å². The summed E-state index contributed by atoms with van der Waals surface area (Å²) in [6.07, 6.45) is 1.86. The molecule has 3 heteroatoms. The third-order valence-corrected chi connectivity index (χ3v) is 4.21. The van der Waals surface area contributed by atoms with Gasteiger partial charge in [0.15, 0.2) is 0 Å². The van der Waals surface area contributed by atoms with E-state index >= 15 is 0 Å². The quantitative estimate of drug-likeness (QED) is 0.801. The molecule has 0 radical (unpaired) electrons. The zero-order valence-corrected chi connectivity index (χ0v) is 14.1. The van der Waals surface area contributed by atoms with Crippen LogP contribution in [0.3, 0.4) is 0 Å². The Hall–Kier alpha value is -1.51. The van der Waals surface area contributed by atoms with Crippen LogP contribution in [0.2, 0.25) is 5.02 Å². The topological polar surface area (TPSA) is 35.2 Å². The third kappa shape index (κ3) is 4.25. The summed E-state index contributed by atoms with van der Waals surface area (Å²) in [5.74, 6) is 1.22. The van der Waals surface area contributed by atoms with Gasteiger partial charge in [-0.15, -0.1) is 0 Å². The van der Waals surface area contributed by atoms with Crippen molar-refractivity contribution in [3.8, 4) is 5.75 Å². The molecule has 0 amide bonds. The Labute approximate surface area is 138 Å². The molecule has 0 aliphatic rings. The van der Waals surface area contributed by atoms with Crippen molar-refractivity contribution in [3.05, 3.63) is 64.2 Å². The normalized spacial score (nSPS) is 12.2. The van der Waals surface area contributed by atoms with E-state index in [4.69, 9.17) is 22.1 Å². The number of halogens is 1. The average Bonchev–Trinajstić information content (AvgIpc) is 2.53. The van der Waals surface area contributed by atoms with E-state index in [0.717, 1.165) is 41.3 Å². The van der Waals surface area contributed by atoms with E-state index in [1.165, 1.54) is 5.56 Å². The highest BCUT2D eigenvalue weighted by Crippen LogP contribution is 2.28. The number of ether oxygens (including phenoxy) is 1. The molecule has 2 rings (SSSR count). The summed E-state index contributed by atoms with van der Waals surface area (Å²) in [5.41, 5.74) is 9.53. The third-order valence-electron chi connectivity index (χ3n) is 3.84. The molecule has 22 heavy (non-hydrogen) atoms. The Bertz CT molecular complexity index is 612. The van der Waals surface area contributed by atoms with Gasteiger partial charge in [-0.25, -0.2) is 0 Å². The van der Waals surface area contributed by atoms with Crippen molar-refractivity contribution in [2.45, 2.75) is 32.6 Å². The van der Waals surface area contributed by atoms with Crippen LogP contribution in [0, 0.1) is 6.92 Å². The molecule has 2 N–H and O–H groups in total. The lowest BCUT2D eigenvalue weighted by molar-refractivity contribution is 0.315. The molecule has 0 saturated heterocycles. The van der Waals surface area contributed by atoms with Gasteiger partial charge in [-0.2, -0.15) is 0 Å². The van der Waals surface area contributed by atoms with E-state index in [2.05, 4.69) is 38.1 Å². The summed E-state index contributed by atoms with van der Waals surface area (Å²) in [6, 6.07) is 14.3. The maximum absolute atomic E-state index is 6.27. The van der Waals surface area contributed by atoms with Crippen LogP contribution in [-0.4, -0.2) is 13.2 Å². The van der Waals surface area contributed by atoms with Gasteiger partial charge < -0.3 is 10.5 Å². The maximum atomic E-state index is 6.27. The van der Waals surface area contributed by atoms with Gasteiger partial charge in [-0.1, -0.05) is 48.9 Å².